The number of unbranched alkanes of at least 4 members (excludes halogenated alkanes) is 2. The third kappa shape index (κ3) is 4.09. The molecule has 178 valence electrons. The second-order valence-electron chi connectivity index (χ2n) is 8.64. The minimum Gasteiger partial charge on any atom is -0.481 e. The number of carboxylic acids is 1. The third-order valence-corrected chi connectivity index (χ3v) is 6.41. The molecule has 34 heavy (non-hydrogen) atoms. The summed E-state index contributed by atoms with van der Waals surface area (Å²) in [6.45, 7) is 4.07. The third-order valence-electron chi connectivity index (χ3n) is 6.41. The summed E-state index contributed by atoms with van der Waals surface area (Å²) in [5, 5.41) is 20.0. The number of carboxylic acid groups (broad SMARTS) is 1. The molecule has 0 amide bonds. The number of aliphatic hydroxyl groups is 1. The maximum atomic E-state index is 13.0. The van der Waals surface area contributed by atoms with Gasteiger partial charge in [-0.15, -0.1) is 0 Å². The van der Waals surface area contributed by atoms with Crippen LogP contribution in [-0.4, -0.2) is 31.7 Å². The molecule has 2 aliphatic heterocycles. The molecule has 2 aliphatic rings. The minimum absolute atomic E-state index is 0.110. The summed E-state index contributed by atoms with van der Waals surface area (Å²) in [6.07, 6.45) is 3.42. The highest BCUT2D eigenvalue weighted by atomic mass is 16.6. The number of pyridine rings is 2. The van der Waals surface area contributed by atoms with Crippen LogP contribution in [0.25, 0.3) is 22.3 Å². The molecule has 0 saturated carbocycles. The fraction of sp³-hybridized carbons (Fsp3) is 0.385. The zero-order valence-corrected chi connectivity index (χ0v) is 19.3. The van der Waals surface area contributed by atoms with Crippen molar-refractivity contribution in [1.29, 1.82) is 0 Å². The number of carbonyl (C=O) groups is 2. The van der Waals surface area contributed by atoms with E-state index in [2.05, 4.69) is 6.92 Å². The first kappa shape index (κ1) is 23.6. The van der Waals surface area contributed by atoms with Crippen molar-refractivity contribution in [3.8, 4) is 11.4 Å². The number of carbonyl (C=O) groups excluding carboxylic acids is 1. The first-order valence-corrected chi connectivity index (χ1v) is 11.6. The predicted molar refractivity (Wildman–Crippen MR) is 126 cm³/mol. The van der Waals surface area contributed by atoms with Gasteiger partial charge < -0.3 is 19.5 Å². The van der Waals surface area contributed by atoms with E-state index in [1.54, 1.807) is 17.6 Å². The number of esters is 1. The van der Waals surface area contributed by atoms with E-state index in [1.807, 2.05) is 30.3 Å². The van der Waals surface area contributed by atoms with Gasteiger partial charge >= 0.3 is 11.9 Å². The molecule has 8 nitrogen and oxygen atoms in total. The van der Waals surface area contributed by atoms with Crippen molar-refractivity contribution in [2.24, 2.45) is 0 Å². The predicted octanol–water partition coefficient (Wildman–Crippen LogP) is 3.73. The van der Waals surface area contributed by atoms with Gasteiger partial charge in [-0.2, -0.15) is 0 Å². The number of fused-ring (bicyclic) bond motifs is 5. The average Bonchev–Trinajstić information content (AvgIpc) is 3.18. The zero-order valence-electron chi connectivity index (χ0n) is 19.3. The van der Waals surface area contributed by atoms with Crippen molar-refractivity contribution < 1.29 is 24.5 Å². The molecule has 1 aromatic carbocycles. The van der Waals surface area contributed by atoms with E-state index < -0.39 is 17.5 Å². The number of benzene rings is 1. The Balaban J connectivity index is 0.000000297. The van der Waals surface area contributed by atoms with Crippen molar-refractivity contribution in [2.75, 3.05) is 0 Å². The highest BCUT2D eigenvalue weighted by Gasteiger charge is 2.45. The van der Waals surface area contributed by atoms with Crippen LogP contribution in [0.3, 0.4) is 0 Å². The Hall–Kier alpha value is -3.52. The van der Waals surface area contributed by atoms with E-state index >= 15 is 0 Å². The molecular formula is C26H28N2O6. The maximum Gasteiger partial charge on any atom is 0.343 e. The van der Waals surface area contributed by atoms with Crippen LogP contribution in [0.5, 0.6) is 0 Å². The number of cyclic esters (lactones) is 1. The van der Waals surface area contributed by atoms with Gasteiger partial charge in [0.15, 0.2) is 5.60 Å². The van der Waals surface area contributed by atoms with Gasteiger partial charge in [-0.3, -0.25) is 9.59 Å². The summed E-state index contributed by atoms with van der Waals surface area (Å²) >= 11 is 0. The number of ether oxygens (including phenoxy) is 1. The summed E-state index contributed by atoms with van der Waals surface area (Å²) in [4.78, 5) is 39.8. The largest absolute Gasteiger partial charge is 0.481 e. The summed E-state index contributed by atoms with van der Waals surface area (Å²) < 4.78 is 6.72. The standard InChI is InChI=1S/C20H16N2O4.C6H12O2/c1-2-20(25)14-8-16-17-12(7-11-5-3-4-6-15(11)21-17)9-22(16)18(23)13(14)10-26-19(20)24;1-2-3-4-5-6(7)8/h3-8,25H,2,9-10H2,1H3;2-5H2,1H3,(H,7,8)/t20-;/m0./s1. The van der Waals surface area contributed by atoms with Crippen LogP contribution in [0.4, 0.5) is 0 Å². The smallest absolute Gasteiger partial charge is 0.343 e. The molecule has 4 heterocycles. The van der Waals surface area contributed by atoms with Crippen LogP contribution < -0.4 is 5.56 Å². The fourth-order valence-electron chi connectivity index (χ4n) is 4.45. The van der Waals surface area contributed by atoms with Crippen LogP contribution in [0.2, 0.25) is 0 Å². The van der Waals surface area contributed by atoms with Crippen LogP contribution in [0.1, 0.15) is 62.6 Å². The normalized spacial score (nSPS) is 17.8. The van der Waals surface area contributed by atoms with Gasteiger partial charge in [0.05, 0.1) is 29.0 Å². The summed E-state index contributed by atoms with van der Waals surface area (Å²) in [7, 11) is 0. The monoisotopic (exact) mass is 464 g/mol. The number of aliphatic carboxylic acids is 1. The van der Waals surface area contributed by atoms with Crippen molar-refractivity contribution in [3.63, 3.8) is 0 Å². The SMILES string of the molecule is CCCCCC(=O)O.CC[C@@]1(O)C(=O)OCc2c1cc1n(c2=O)Cc2cc3ccccc3nc2-1. The molecule has 0 spiro atoms. The molecule has 2 aromatic heterocycles. The topological polar surface area (TPSA) is 119 Å². The van der Waals surface area contributed by atoms with Crippen LogP contribution in [0, 0.1) is 0 Å². The Morgan fingerprint density at radius 2 is 1.94 bits per heavy atom. The van der Waals surface area contributed by atoms with Crippen molar-refractivity contribution >= 4 is 22.8 Å². The lowest BCUT2D eigenvalue weighted by atomic mass is 9.86. The van der Waals surface area contributed by atoms with Gasteiger partial charge in [0.2, 0.25) is 0 Å². The Kier molecular flexibility index (Phi) is 6.52. The van der Waals surface area contributed by atoms with Crippen molar-refractivity contribution in [3.05, 3.63) is 63.4 Å². The Morgan fingerprint density at radius 1 is 1.18 bits per heavy atom. The van der Waals surface area contributed by atoms with E-state index in [1.165, 1.54) is 0 Å². The van der Waals surface area contributed by atoms with E-state index in [9.17, 15) is 19.5 Å². The molecule has 0 radical (unpaired) electrons. The zero-order chi connectivity index (χ0) is 24.5. The molecular weight excluding hydrogens is 436 g/mol. The van der Waals surface area contributed by atoms with Crippen LogP contribution >= 0.6 is 0 Å². The Morgan fingerprint density at radius 3 is 2.65 bits per heavy atom. The molecule has 2 N–H and O–H groups in total. The van der Waals surface area contributed by atoms with Gasteiger partial charge in [-0.1, -0.05) is 44.9 Å². The molecule has 8 heteroatoms. The minimum atomic E-state index is -1.79. The summed E-state index contributed by atoms with van der Waals surface area (Å²) in [5.74, 6) is -1.39. The number of para-hydroxylation sites is 1. The molecule has 5 rings (SSSR count). The second kappa shape index (κ2) is 9.38. The van der Waals surface area contributed by atoms with Gasteiger partial charge in [-0.05, 0) is 31.0 Å². The van der Waals surface area contributed by atoms with Gasteiger partial charge in [0, 0.05) is 22.9 Å². The summed E-state index contributed by atoms with van der Waals surface area (Å²) in [5.41, 5.74) is 1.81. The van der Waals surface area contributed by atoms with Gasteiger partial charge in [0.1, 0.15) is 6.61 Å². The molecule has 0 unspecified atom stereocenters. The van der Waals surface area contributed by atoms with E-state index in [4.69, 9.17) is 14.8 Å². The van der Waals surface area contributed by atoms with Crippen molar-refractivity contribution in [1.82, 2.24) is 9.55 Å². The Bertz CT molecular complexity index is 1330. The summed E-state index contributed by atoms with van der Waals surface area (Å²) in [6, 6.07) is 11.6. The Labute approximate surface area is 196 Å². The van der Waals surface area contributed by atoms with Gasteiger partial charge in [-0.25, -0.2) is 9.78 Å². The number of hydrogen-bond acceptors (Lipinski definition) is 6. The first-order valence-electron chi connectivity index (χ1n) is 11.6. The number of hydrogen-bond donors (Lipinski definition) is 2. The molecule has 3 aromatic rings. The van der Waals surface area contributed by atoms with Gasteiger partial charge in [0.25, 0.3) is 5.56 Å². The number of nitrogens with zero attached hydrogens (tertiary/aromatic N) is 2. The first-order chi connectivity index (χ1) is 16.3. The fourth-order valence-corrected chi connectivity index (χ4v) is 4.45. The quantitative estimate of drug-likeness (QED) is 0.341. The lowest BCUT2D eigenvalue weighted by Gasteiger charge is -2.31. The van der Waals surface area contributed by atoms with E-state index in [0.717, 1.165) is 41.4 Å². The van der Waals surface area contributed by atoms with Crippen LogP contribution in [-0.2, 0) is 33.1 Å². The lowest BCUT2D eigenvalue weighted by Crippen LogP contribution is -2.44. The highest BCUT2D eigenvalue weighted by Crippen LogP contribution is 2.38. The van der Waals surface area contributed by atoms with E-state index in [-0.39, 0.29) is 18.6 Å². The van der Waals surface area contributed by atoms with Crippen LogP contribution in [0.15, 0.2) is 41.2 Å². The molecule has 1 atom stereocenters. The number of aromatic nitrogens is 2. The number of rotatable bonds is 5. The average molecular weight is 465 g/mol. The lowest BCUT2D eigenvalue weighted by molar-refractivity contribution is -0.172. The maximum absolute atomic E-state index is 13.0. The second-order valence-corrected chi connectivity index (χ2v) is 8.64. The highest BCUT2D eigenvalue weighted by molar-refractivity contribution is 5.86. The molecule has 0 aliphatic carbocycles. The molecule has 0 bridgehead atoms. The van der Waals surface area contributed by atoms with Crippen molar-refractivity contribution in [2.45, 2.75) is 64.7 Å². The molecule has 0 fully saturated rings. The van der Waals surface area contributed by atoms with E-state index in [0.29, 0.717) is 29.8 Å². The molecule has 0 saturated heterocycles.